The third-order valence-electron chi connectivity index (χ3n) is 3.90. The lowest BCUT2D eigenvalue weighted by molar-refractivity contribution is -0.118. The van der Waals surface area contributed by atoms with Gasteiger partial charge in [0.1, 0.15) is 11.5 Å². The Morgan fingerprint density at radius 2 is 2.00 bits per heavy atom. The van der Waals surface area contributed by atoms with E-state index in [1.54, 1.807) is 19.1 Å². The zero-order chi connectivity index (χ0) is 14.1. The minimum atomic E-state index is -0.0469. The molecule has 5 nitrogen and oxygen atoms in total. The molecule has 1 atom stereocenters. The summed E-state index contributed by atoms with van der Waals surface area (Å²) in [5.41, 5.74) is 0.818. The number of carbonyl (C=O) groups excluding carboxylic acids is 1. The van der Waals surface area contributed by atoms with Gasteiger partial charge in [0.25, 0.3) is 0 Å². The Morgan fingerprint density at radius 3 is 2.65 bits per heavy atom. The highest BCUT2D eigenvalue weighted by Gasteiger charge is 2.37. The first-order valence-electron chi connectivity index (χ1n) is 7.02. The predicted octanol–water partition coefficient (Wildman–Crippen LogP) is 1.56. The monoisotopic (exact) mass is 276 g/mol. The molecule has 1 unspecified atom stereocenters. The van der Waals surface area contributed by atoms with E-state index in [4.69, 9.17) is 9.47 Å². The summed E-state index contributed by atoms with van der Waals surface area (Å²) in [6.45, 7) is 0.728. The number of nitrogens with zero attached hydrogens (tertiary/aromatic N) is 1. The number of nitrogens with one attached hydrogen (secondary N) is 1. The fraction of sp³-hybridized carbons (Fsp3) is 0.533. The van der Waals surface area contributed by atoms with Crippen LogP contribution in [-0.4, -0.2) is 38.8 Å². The minimum Gasteiger partial charge on any atom is -0.497 e. The molecule has 108 valence electrons. The number of carbonyl (C=O) groups is 1. The van der Waals surface area contributed by atoms with Crippen LogP contribution in [0.1, 0.15) is 19.3 Å². The van der Waals surface area contributed by atoms with Crippen LogP contribution in [0.15, 0.2) is 18.2 Å². The lowest BCUT2D eigenvalue weighted by Gasteiger charge is -2.20. The Bertz CT molecular complexity index is 514. The Labute approximate surface area is 118 Å². The molecule has 2 aliphatic rings. The van der Waals surface area contributed by atoms with Crippen molar-refractivity contribution in [3.05, 3.63) is 18.2 Å². The van der Waals surface area contributed by atoms with Crippen LogP contribution >= 0.6 is 0 Å². The number of amides is 1. The van der Waals surface area contributed by atoms with Gasteiger partial charge in [-0.05, 0) is 31.4 Å². The summed E-state index contributed by atoms with van der Waals surface area (Å²) in [5, 5.41) is 3.41. The molecule has 0 bridgehead atoms. The molecule has 1 saturated carbocycles. The molecule has 1 aromatic carbocycles. The highest BCUT2D eigenvalue weighted by molar-refractivity contribution is 6.00. The van der Waals surface area contributed by atoms with Gasteiger partial charge in [0, 0.05) is 18.7 Å². The average Bonchev–Trinajstić information content (AvgIpc) is 3.23. The lowest BCUT2D eigenvalue weighted by atomic mass is 10.2. The molecule has 0 radical (unpaired) electrons. The second kappa shape index (κ2) is 5.32. The summed E-state index contributed by atoms with van der Waals surface area (Å²) in [4.78, 5) is 14.3. The lowest BCUT2D eigenvalue weighted by Crippen LogP contribution is -2.39. The topological polar surface area (TPSA) is 50.8 Å². The van der Waals surface area contributed by atoms with Gasteiger partial charge in [-0.2, -0.15) is 0 Å². The normalized spacial score (nSPS) is 22.2. The van der Waals surface area contributed by atoms with Crippen molar-refractivity contribution in [3.8, 4) is 11.5 Å². The van der Waals surface area contributed by atoms with Crippen LogP contribution in [0.5, 0.6) is 11.5 Å². The van der Waals surface area contributed by atoms with Gasteiger partial charge in [0.2, 0.25) is 5.91 Å². The zero-order valence-electron chi connectivity index (χ0n) is 11.9. The number of hydrogen-bond acceptors (Lipinski definition) is 4. The van der Waals surface area contributed by atoms with Gasteiger partial charge in [0.05, 0.1) is 25.9 Å². The Hall–Kier alpha value is -1.75. The fourth-order valence-electron chi connectivity index (χ4n) is 2.62. The standard InChI is InChI=1S/C15H20N2O3/c1-19-11-5-6-13(14(9-11)20-2)17-8-7-12(15(17)18)16-10-3-4-10/h5-6,9-10,12,16H,3-4,7-8H2,1-2H3. The highest BCUT2D eigenvalue weighted by Crippen LogP contribution is 2.35. The van der Waals surface area contributed by atoms with Gasteiger partial charge in [-0.3, -0.25) is 4.79 Å². The number of hydrogen-bond donors (Lipinski definition) is 1. The van der Waals surface area contributed by atoms with Gasteiger partial charge >= 0.3 is 0 Å². The molecule has 0 aromatic heterocycles. The molecular formula is C15H20N2O3. The van der Waals surface area contributed by atoms with Crippen LogP contribution in [0.4, 0.5) is 5.69 Å². The van der Waals surface area contributed by atoms with Crippen molar-refractivity contribution >= 4 is 11.6 Å². The molecule has 1 aliphatic heterocycles. The van der Waals surface area contributed by atoms with E-state index in [0.717, 1.165) is 24.4 Å². The number of anilines is 1. The van der Waals surface area contributed by atoms with Gasteiger partial charge in [-0.25, -0.2) is 0 Å². The summed E-state index contributed by atoms with van der Waals surface area (Å²) in [7, 11) is 3.23. The molecule has 0 spiro atoms. The molecular weight excluding hydrogens is 256 g/mol. The summed E-state index contributed by atoms with van der Waals surface area (Å²) < 4.78 is 10.6. The maximum Gasteiger partial charge on any atom is 0.244 e. The molecule has 1 aromatic rings. The quantitative estimate of drug-likeness (QED) is 0.886. The van der Waals surface area contributed by atoms with E-state index in [1.807, 2.05) is 18.2 Å². The summed E-state index contributed by atoms with van der Waals surface area (Å²) >= 11 is 0. The van der Waals surface area contributed by atoms with Gasteiger partial charge in [-0.15, -0.1) is 0 Å². The van der Waals surface area contributed by atoms with Crippen molar-refractivity contribution in [3.63, 3.8) is 0 Å². The zero-order valence-corrected chi connectivity index (χ0v) is 11.9. The number of benzene rings is 1. The third kappa shape index (κ3) is 2.45. The summed E-state index contributed by atoms with van der Waals surface area (Å²) in [5.74, 6) is 1.54. The number of methoxy groups -OCH3 is 2. The summed E-state index contributed by atoms with van der Waals surface area (Å²) in [6.07, 6.45) is 3.23. The molecule has 1 heterocycles. The van der Waals surface area contributed by atoms with Crippen LogP contribution < -0.4 is 19.7 Å². The Morgan fingerprint density at radius 1 is 1.20 bits per heavy atom. The Kier molecular flexibility index (Phi) is 3.53. The first-order valence-corrected chi connectivity index (χ1v) is 7.02. The van der Waals surface area contributed by atoms with Crippen molar-refractivity contribution < 1.29 is 14.3 Å². The molecule has 5 heteroatoms. The largest absolute Gasteiger partial charge is 0.497 e. The van der Waals surface area contributed by atoms with Crippen LogP contribution in [0.2, 0.25) is 0 Å². The molecule has 20 heavy (non-hydrogen) atoms. The van der Waals surface area contributed by atoms with Gasteiger partial charge in [0.15, 0.2) is 0 Å². The maximum absolute atomic E-state index is 12.5. The van der Waals surface area contributed by atoms with E-state index >= 15 is 0 Å². The first kappa shape index (κ1) is 13.2. The fourth-order valence-corrected chi connectivity index (χ4v) is 2.62. The van der Waals surface area contributed by atoms with Crippen LogP contribution in [0.25, 0.3) is 0 Å². The SMILES string of the molecule is COc1ccc(N2CCC(NC3CC3)C2=O)c(OC)c1. The van der Waals surface area contributed by atoms with Crippen molar-refractivity contribution in [2.24, 2.45) is 0 Å². The molecule has 3 rings (SSSR count). The molecule has 1 amide bonds. The summed E-state index contributed by atoms with van der Waals surface area (Å²) in [6, 6.07) is 6.04. The van der Waals surface area contributed by atoms with E-state index in [0.29, 0.717) is 11.8 Å². The molecule has 1 N–H and O–H groups in total. The second-order valence-electron chi connectivity index (χ2n) is 5.31. The van der Waals surface area contributed by atoms with Crippen molar-refractivity contribution in [1.82, 2.24) is 5.32 Å². The second-order valence-corrected chi connectivity index (χ2v) is 5.31. The van der Waals surface area contributed by atoms with E-state index in [2.05, 4.69) is 5.32 Å². The maximum atomic E-state index is 12.5. The molecule has 2 fully saturated rings. The van der Waals surface area contributed by atoms with E-state index in [1.165, 1.54) is 12.8 Å². The van der Waals surface area contributed by atoms with E-state index in [-0.39, 0.29) is 11.9 Å². The van der Waals surface area contributed by atoms with Gasteiger partial charge < -0.3 is 19.7 Å². The van der Waals surface area contributed by atoms with E-state index in [9.17, 15) is 4.79 Å². The number of ether oxygens (including phenoxy) is 2. The van der Waals surface area contributed by atoms with Crippen LogP contribution in [-0.2, 0) is 4.79 Å². The molecule has 1 aliphatic carbocycles. The first-order chi connectivity index (χ1) is 9.72. The minimum absolute atomic E-state index is 0.0469. The predicted molar refractivity (Wildman–Crippen MR) is 76.5 cm³/mol. The number of rotatable bonds is 5. The van der Waals surface area contributed by atoms with Gasteiger partial charge in [-0.1, -0.05) is 0 Å². The van der Waals surface area contributed by atoms with Crippen molar-refractivity contribution in [2.75, 3.05) is 25.7 Å². The Balaban J connectivity index is 1.80. The smallest absolute Gasteiger partial charge is 0.244 e. The molecule has 1 saturated heterocycles. The third-order valence-corrected chi connectivity index (χ3v) is 3.90. The average molecular weight is 276 g/mol. The van der Waals surface area contributed by atoms with Crippen LogP contribution in [0.3, 0.4) is 0 Å². The van der Waals surface area contributed by atoms with E-state index < -0.39 is 0 Å². The van der Waals surface area contributed by atoms with Crippen LogP contribution in [0, 0.1) is 0 Å². The van der Waals surface area contributed by atoms with Crippen molar-refractivity contribution in [1.29, 1.82) is 0 Å². The van der Waals surface area contributed by atoms with Crippen molar-refractivity contribution in [2.45, 2.75) is 31.3 Å². The highest BCUT2D eigenvalue weighted by atomic mass is 16.5.